The number of benzene rings is 2. The fraction of sp³-hybridized carbons (Fsp3) is 0.611. The van der Waals surface area contributed by atoms with Crippen molar-refractivity contribution in [2.75, 3.05) is 45.8 Å². The fourth-order valence-corrected chi connectivity index (χ4v) is 7.59. The van der Waals surface area contributed by atoms with Gasteiger partial charge in [-0.05, 0) is 67.1 Å². The molecule has 0 radical (unpaired) electrons. The molecule has 1 aliphatic carbocycles. The maximum Gasteiger partial charge on any atom is 0.245 e. The largest absolute Gasteiger partial charge is 0.343 e. The highest BCUT2D eigenvalue weighted by Crippen LogP contribution is 2.29. The lowest BCUT2D eigenvalue weighted by Gasteiger charge is -2.44. The zero-order valence-corrected chi connectivity index (χ0v) is 31.2. The molecule has 2 heterocycles. The first kappa shape index (κ1) is 41.6. The minimum atomic E-state index is -0.623. The fourth-order valence-electron chi connectivity index (χ4n) is 7.47. The Balaban J connectivity index is 0.00000256. The van der Waals surface area contributed by atoms with E-state index in [2.05, 4.69) is 46.4 Å². The number of carbonyl (C=O) groups is 2. The second kappa shape index (κ2) is 20.8. The Labute approximate surface area is 306 Å². The molecule has 5 rings (SSSR count). The zero-order chi connectivity index (χ0) is 30.9. The summed E-state index contributed by atoms with van der Waals surface area (Å²) in [5.41, 5.74) is 3.41. The molecule has 0 aromatic heterocycles. The number of rotatable bonds is 11. The minimum Gasteiger partial charge on any atom is -0.343 e. The van der Waals surface area contributed by atoms with Gasteiger partial charge in [-0.25, -0.2) is 0 Å². The van der Waals surface area contributed by atoms with E-state index in [4.69, 9.17) is 11.6 Å². The summed E-state index contributed by atoms with van der Waals surface area (Å²) in [4.78, 5) is 34.9. The van der Waals surface area contributed by atoms with Gasteiger partial charge in [-0.3, -0.25) is 14.5 Å². The van der Waals surface area contributed by atoms with E-state index in [1.165, 1.54) is 49.7 Å². The van der Waals surface area contributed by atoms with Crippen LogP contribution in [0.4, 0.5) is 0 Å². The van der Waals surface area contributed by atoms with Crippen LogP contribution in [0, 0.1) is 5.92 Å². The van der Waals surface area contributed by atoms with E-state index in [9.17, 15) is 9.59 Å². The molecule has 11 heteroatoms. The Hall–Kier alpha value is -1.58. The predicted octanol–water partition coefficient (Wildman–Crippen LogP) is 6.17. The van der Waals surface area contributed by atoms with E-state index >= 15 is 0 Å². The second-order valence-corrected chi connectivity index (χ2v) is 13.4. The average Bonchev–Trinajstić information content (AvgIpc) is 3.35. The molecule has 0 bridgehead atoms. The van der Waals surface area contributed by atoms with Gasteiger partial charge in [0.05, 0.1) is 6.04 Å². The van der Waals surface area contributed by atoms with Crippen molar-refractivity contribution in [1.29, 1.82) is 0 Å². The number of piperazine rings is 1. The van der Waals surface area contributed by atoms with Gasteiger partial charge in [-0.15, -0.1) is 37.2 Å². The zero-order valence-electron chi connectivity index (χ0n) is 28.0. The Morgan fingerprint density at radius 3 is 2.13 bits per heavy atom. The molecular weight excluding hydrogens is 676 g/mol. The van der Waals surface area contributed by atoms with Crippen molar-refractivity contribution in [2.45, 2.75) is 89.9 Å². The highest BCUT2D eigenvalue weighted by atomic mass is 35.5. The van der Waals surface area contributed by atoms with Crippen molar-refractivity contribution < 1.29 is 9.59 Å². The normalized spacial score (nSPS) is 20.0. The topological polar surface area (TPSA) is 67.9 Å². The van der Waals surface area contributed by atoms with Gasteiger partial charge in [0.2, 0.25) is 11.8 Å². The van der Waals surface area contributed by atoms with E-state index in [1.807, 2.05) is 41.3 Å². The second-order valence-electron chi connectivity index (χ2n) is 13.0. The van der Waals surface area contributed by atoms with Crippen molar-refractivity contribution in [1.82, 2.24) is 25.3 Å². The molecule has 1 saturated carbocycles. The van der Waals surface area contributed by atoms with Gasteiger partial charge < -0.3 is 20.4 Å². The van der Waals surface area contributed by atoms with Crippen LogP contribution in [0.3, 0.4) is 0 Å². The first-order valence-electron chi connectivity index (χ1n) is 17.0. The molecule has 2 amide bonds. The summed E-state index contributed by atoms with van der Waals surface area (Å²) >= 11 is 6.15. The van der Waals surface area contributed by atoms with Crippen molar-refractivity contribution in [2.24, 2.45) is 5.92 Å². The van der Waals surface area contributed by atoms with Crippen LogP contribution in [0.2, 0.25) is 5.02 Å². The monoisotopic (exact) mass is 729 g/mol. The third kappa shape index (κ3) is 11.5. The molecule has 2 aromatic rings. The van der Waals surface area contributed by atoms with Gasteiger partial charge in [0.25, 0.3) is 0 Å². The summed E-state index contributed by atoms with van der Waals surface area (Å²) in [6.07, 6.45) is 9.10. The van der Waals surface area contributed by atoms with Crippen molar-refractivity contribution in [3.63, 3.8) is 0 Å². The SMILES string of the molecule is CCN(CC)CC(C1CCCCCC1)N1CCN(C(=O)C(Cc2ccc(Cl)cc2)NC(=O)C2Cc3ccccc3CN2)CC1.Cl.Cl.Cl. The van der Waals surface area contributed by atoms with Crippen molar-refractivity contribution >= 4 is 60.6 Å². The van der Waals surface area contributed by atoms with Crippen LogP contribution < -0.4 is 10.6 Å². The van der Waals surface area contributed by atoms with Crippen LogP contribution in [0.1, 0.15) is 69.1 Å². The molecule has 264 valence electrons. The van der Waals surface area contributed by atoms with Gasteiger partial charge in [-0.2, -0.15) is 0 Å². The van der Waals surface area contributed by atoms with Crippen molar-refractivity contribution in [3.05, 3.63) is 70.2 Å². The van der Waals surface area contributed by atoms with E-state index < -0.39 is 6.04 Å². The Bertz CT molecular complexity index is 1220. The summed E-state index contributed by atoms with van der Waals surface area (Å²) in [5.74, 6) is 0.627. The van der Waals surface area contributed by atoms with Gasteiger partial charge in [-0.1, -0.05) is 87.5 Å². The van der Waals surface area contributed by atoms with E-state index in [0.29, 0.717) is 43.5 Å². The first-order valence-corrected chi connectivity index (χ1v) is 17.4. The number of nitrogens with zero attached hydrogens (tertiary/aromatic N) is 3. The van der Waals surface area contributed by atoms with Crippen LogP contribution in [-0.2, 0) is 29.0 Å². The van der Waals surface area contributed by atoms with E-state index in [1.54, 1.807) is 0 Å². The van der Waals surface area contributed by atoms with Crippen LogP contribution in [0.25, 0.3) is 0 Å². The summed E-state index contributed by atoms with van der Waals surface area (Å²) in [6, 6.07) is 15.4. The van der Waals surface area contributed by atoms with Crippen LogP contribution in [-0.4, -0.2) is 90.5 Å². The third-order valence-electron chi connectivity index (χ3n) is 10.2. The van der Waals surface area contributed by atoms with Gasteiger partial charge in [0, 0.05) is 56.8 Å². The van der Waals surface area contributed by atoms with Gasteiger partial charge >= 0.3 is 0 Å². The maximum absolute atomic E-state index is 14.1. The summed E-state index contributed by atoms with van der Waals surface area (Å²) in [5, 5.41) is 7.21. The minimum absolute atomic E-state index is 0. The standard InChI is InChI=1S/C36H52ClN5O2.3ClH/c1-3-40(4-2)26-34(28-11-7-5-6-8-12-28)41-19-21-42(22-20-41)36(44)33(23-27-15-17-31(37)18-16-27)39-35(43)32-24-29-13-9-10-14-30(29)25-38-32;;;/h9-10,13-18,28,32-34,38H,3-8,11-12,19-26H2,1-2H3,(H,39,43);3*1H. The Morgan fingerprint density at radius 1 is 0.894 bits per heavy atom. The summed E-state index contributed by atoms with van der Waals surface area (Å²) in [6.45, 7) is 11.6. The average molecular weight is 732 g/mol. The molecule has 3 atom stereocenters. The number of hydrogen-bond acceptors (Lipinski definition) is 5. The molecule has 3 unspecified atom stereocenters. The highest BCUT2D eigenvalue weighted by molar-refractivity contribution is 6.30. The van der Waals surface area contributed by atoms with Gasteiger partial charge in [0.1, 0.15) is 6.04 Å². The number of nitrogens with one attached hydrogen (secondary N) is 2. The quantitative estimate of drug-likeness (QED) is 0.271. The summed E-state index contributed by atoms with van der Waals surface area (Å²) < 4.78 is 0. The van der Waals surface area contributed by atoms with Crippen LogP contribution in [0.5, 0.6) is 0 Å². The molecule has 47 heavy (non-hydrogen) atoms. The van der Waals surface area contributed by atoms with E-state index in [-0.39, 0.29) is 55.1 Å². The number of halogens is 4. The lowest BCUT2D eigenvalue weighted by molar-refractivity contribution is -0.139. The molecular formula is C36H55Cl4N5O2. The predicted molar refractivity (Wildman–Crippen MR) is 201 cm³/mol. The molecule has 2 N–H and O–H groups in total. The summed E-state index contributed by atoms with van der Waals surface area (Å²) in [7, 11) is 0. The molecule has 2 aromatic carbocycles. The van der Waals surface area contributed by atoms with Crippen LogP contribution in [0.15, 0.2) is 48.5 Å². The third-order valence-corrected chi connectivity index (χ3v) is 10.5. The van der Waals surface area contributed by atoms with Gasteiger partial charge in [0.15, 0.2) is 0 Å². The number of likely N-dealkylation sites (N-methyl/N-ethyl adjacent to an activating group) is 1. The smallest absolute Gasteiger partial charge is 0.245 e. The Kier molecular flexibility index (Phi) is 18.4. The lowest BCUT2D eigenvalue weighted by atomic mass is 9.89. The number of hydrogen-bond donors (Lipinski definition) is 2. The van der Waals surface area contributed by atoms with Crippen molar-refractivity contribution in [3.8, 4) is 0 Å². The number of amides is 2. The molecule has 0 spiro atoms. The maximum atomic E-state index is 14.1. The molecule has 2 aliphatic heterocycles. The Morgan fingerprint density at radius 2 is 1.51 bits per heavy atom. The molecule has 1 saturated heterocycles. The first-order chi connectivity index (χ1) is 21.4. The van der Waals surface area contributed by atoms with Crippen LogP contribution >= 0.6 is 48.8 Å². The molecule has 3 aliphatic rings. The molecule has 2 fully saturated rings. The van der Waals surface area contributed by atoms with E-state index in [0.717, 1.165) is 44.2 Å². The number of carbonyl (C=O) groups excluding carboxylic acids is 2. The molecule has 7 nitrogen and oxygen atoms in total. The lowest BCUT2D eigenvalue weighted by Crippen LogP contribution is -2.60. The highest BCUT2D eigenvalue weighted by Gasteiger charge is 2.35. The number of fused-ring (bicyclic) bond motifs is 1.